The maximum Gasteiger partial charge on any atom is 0.249 e. The molecule has 1 saturated heterocycles. The van der Waals surface area contributed by atoms with E-state index in [1.165, 1.54) is 11.1 Å². The first-order valence-corrected chi connectivity index (χ1v) is 8.22. The van der Waals surface area contributed by atoms with Crippen LogP contribution in [0.1, 0.15) is 25.0 Å². The molecule has 0 aliphatic carbocycles. The Kier molecular flexibility index (Phi) is 5.02. The first kappa shape index (κ1) is 15.7. The van der Waals surface area contributed by atoms with E-state index in [1.54, 1.807) is 6.20 Å². The van der Waals surface area contributed by atoms with Crippen molar-refractivity contribution in [1.82, 2.24) is 15.2 Å². The zero-order valence-electron chi connectivity index (χ0n) is 13.7. The third-order valence-corrected chi connectivity index (χ3v) is 4.12. The van der Waals surface area contributed by atoms with Gasteiger partial charge in [0.05, 0.1) is 19.4 Å². The van der Waals surface area contributed by atoms with Crippen molar-refractivity contribution in [1.29, 1.82) is 0 Å². The molecule has 0 bridgehead atoms. The number of aryl methyl sites for hydroxylation is 2. The van der Waals surface area contributed by atoms with Crippen LogP contribution in [0.25, 0.3) is 0 Å². The van der Waals surface area contributed by atoms with Crippen molar-refractivity contribution in [3.05, 3.63) is 35.5 Å². The number of anilines is 3. The van der Waals surface area contributed by atoms with Crippen LogP contribution >= 0.6 is 0 Å². The summed E-state index contributed by atoms with van der Waals surface area (Å²) < 4.78 is 5.39. The van der Waals surface area contributed by atoms with Crippen LogP contribution in [0.15, 0.2) is 24.4 Å². The molecular weight excluding hydrogens is 290 g/mol. The number of nitrogens with zero attached hydrogens (tertiary/aromatic N) is 4. The molecule has 1 aromatic heterocycles. The summed E-state index contributed by atoms with van der Waals surface area (Å²) in [5, 5.41) is 11.6. The number of ether oxygens (including phenoxy) is 1. The Hall–Kier alpha value is -2.21. The smallest absolute Gasteiger partial charge is 0.249 e. The Bertz CT molecular complexity index is 633. The van der Waals surface area contributed by atoms with Gasteiger partial charge in [-0.25, -0.2) is 0 Å². The number of hydrogen-bond donors (Lipinski definition) is 1. The predicted molar refractivity (Wildman–Crippen MR) is 91.3 cm³/mol. The normalized spacial score (nSPS) is 14.8. The second-order valence-corrected chi connectivity index (χ2v) is 5.52. The summed E-state index contributed by atoms with van der Waals surface area (Å²) in [6, 6.07) is 6.38. The highest BCUT2D eigenvalue weighted by atomic mass is 16.5. The molecule has 2 aromatic rings. The van der Waals surface area contributed by atoms with E-state index < -0.39 is 0 Å². The number of hydrogen-bond acceptors (Lipinski definition) is 6. The highest BCUT2D eigenvalue weighted by Crippen LogP contribution is 2.25. The standard InChI is InChI=1S/C17H23N5O/c1-3-13-6-5-7-14(4-2)16(13)20-17-19-15(12-18-21-17)22-8-10-23-11-9-22/h5-7,12H,3-4,8-11H2,1-2H3,(H,19,20,21). The molecule has 3 rings (SSSR count). The number of aromatic nitrogens is 3. The summed E-state index contributed by atoms with van der Waals surface area (Å²) in [7, 11) is 0. The molecule has 1 aromatic carbocycles. The number of para-hydroxylation sites is 1. The molecule has 2 heterocycles. The van der Waals surface area contributed by atoms with Crippen molar-refractivity contribution < 1.29 is 4.74 Å². The van der Waals surface area contributed by atoms with Gasteiger partial charge in [0.25, 0.3) is 0 Å². The average molecular weight is 313 g/mol. The van der Waals surface area contributed by atoms with Gasteiger partial charge in [-0.15, -0.1) is 5.10 Å². The van der Waals surface area contributed by atoms with Gasteiger partial charge in [-0.3, -0.25) is 0 Å². The molecule has 0 spiro atoms. The second-order valence-electron chi connectivity index (χ2n) is 5.52. The molecule has 1 aliphatic heterocycles. The van der Waals surface area contributed by atoms with Gasteiger partial charge in [-0.1, -0.05) is 32.0 Å². The highest BCUT2D eigenvalue weighted by Gasteiger charge is 2.14. The molecular formula is C17H23N5O. The van der Waals surface area contributed by atoms with Crippen LogP contribution in [-0.4, -0.2) is 41.5 Å². The third kappa shape index (κ3) is 3.59. The Morgan fingerprint density at radius 2 is 1.83 bits per heavy atom. The summed E-state index contributed by atoms with van der Waals surface area (Å²) in [5.74, 6) is 1.39. The minimum Gasteiger partial charge on any atom is -0.378 e. The zero-order chi connectivity index (χ0) is 16.1. The summed E-state index contributed by atoms with van der Waals surface area (Å²) in [5.41, 5.74) is 3.65. The van der Waals surface area contributed by atoms with Crippen LogP contribution in [0.5, 0.6) is 0 Å². The van der Waals surface area contributed by atoms with E-state index in [1.807, 2.05) is 0 Å². The minimum atomic E-state index is 0.546. The van der Waals surface area contributed by atoms with Crippen molar-refractivity contribution in [3.8, 4) is 0 Å². The summed E-state index contributed by atoms with van der Waals surface area (Å²) in [6.45, 7) is 7.44. The number of nitrogens with one attached hydrogen (secondary N) is 1. The van der Waals surface area contributed by atoms with E-state index >= 15 is 0 Å². The van der Waals surface area contributed by atoms with Crippen LogP contribution < -0.4 is 10.2 Å². The Morgan fingerprint density at radius 3 is 2.48 bits per heavy atom. The maximum absolute atomic E-state index is 5.39. The fraction of sp³-hybridized carbons (Fsp3) is 0.471. The fourth-order valence-corrected chi connectivity index (χ4v) is 2.81. The second kappa shape index (κ2) is 7.37. The third-order valence-electron chi connectivity index (χ3n) is 4.12. The molecule has 0 amide bonds. The van der Waals surface area contributed by atoms with Gasteiger partial charge in [-0.2, -0.15) is 10.1 Å². The van der Waals surface area contributed by atoms with Gasteiger partial charge in [0.1, 0.15) is 0 Å². The summed E-state index contributed by atoms with van der Waals surface area (Å²) in [6.07, 6.45) is 3.64. The first-order valence-electron chi connectivity index (χ1n) is 8.22. The Balaban J connectivity index is 1.86. The molecule has 23 heavy (non-hydrogen) atoms. The molecule has 1 fully saturated rings. The largest absolute Gasteiger partial charge is 0.378 e. The van der Waals surface area contributed by atoms with Gasteiger partial charge in [-0.05, 0) is 24.0 Å². The topological polar surface area (TPSA) is 63.2 Å². The van der Waals surface area contributed by atoms with Crippen molar-refractivity contribution in [2.45, 2.75) is 26.7 Å². The summed E-state index contributed by atoms with van der Waals surface area (Å²) >= 11 is 0. The maximum atomic E-state index is 5.39. The van der Waals surface area contributed by atoms with E-state index in [9.17, 15) is 0 Å². The molecule has 122 valence electrons. The van der Waals surface area contributed by atoms with Gasteiger partial charge in [0, 0.05) is 18.8 Å². The van der Waals surface area contributed by atoms with Gasteiger partial charge < -0.3 is 15.0 Å². The summed E-state index contributed by atoms with van der Waals surface area (Å²) in [4.78, 5) is 6.80. The zero-order valence-corrected chi connectivity index (χ0v) is 13.7. The molecule has 1 N–H and O–H groups in total. The van der Waals surface area contributed by atoms with Crippen molar-refractivity contribution >= 4 is 17.5 Å². The number of morpholine rings is 1. The van der Waals surface area contributed by atoms with Crippen LogP contribution in [0.3, 0.4) is 0 Å². The molecule has 6 heteroatoms. The van der Waals surface area contributed by atoms with Crippen LogP contribution in [0.2, 0.25) is 0 Å². The van der Waals surface area contributed by atoms with E-state index in [0.29, 0.717) is 5.95 Å². The lowest BCUT2D eigenvalue weighted by Gasteiger charge is -2.27. The van der Waals surface area contributed by atoms with Crippen LogP contribution in [-0.2, 0) is 17.6 Å². The predicted octanol–water partition coefficient (Wildman–Crippen LogP) is 2.58. The van der Waals surface area contributed by atoms with Gasteiger partial charge >= 0.3 is 0 Å². The average Bonchev–Trinajstić information content (AvgIpc) is 2.63. The van der Waals surface area contributed by atoms with Gasteiger partial charge in [0.15, 0.2) is 5.82 Å². The number of rotatable bonds is 5. The van der Waals surface area contributed by atoms with Crippen molar-refractivity contribution in [2.24, 2.45) is 0 Å². The number of benzene rings is 1. The molecule has 0 unspecified atom stereocenters. The first-order chi connectivity index (χ1) is 11.3. The molecule has 0 saturated carbocycles. The highest BCUT2D eigenvalue weighted by molar-refractivity contribution is 5.64. The molecule has 0 radical (unpaired) electrons. The molecule has 0 atom stereocenters. The van der Waals surface area contributed by atoms with Gasteiger partial charge in [0.2, 0.25) is 5.95 Å². The Labute approximate surface area is 136 Å². The SMILES string of the molecule is CCc1cccc(CC)c1Nc1nncc(N2CCOCC2)n1. The van der Waals surface area contributed by atoms with E-state index in [2.05, 4.69) is 57.4 Å². The lowest BCUT2D eigenvalue weighted by atomic mass is 10.0. The minimum absolute atomic E-state index is 0.546. The van der Waals surface area contributed by atoms with E-state index in [4.69, 9.17) is 4.74 Å². The fourth-order valence-electron chi connectivity index (χ4n) is 2.81. The van der Waals surface area contributed by atoms with Crippen LogP contribution in [0.4, 0.5) is 17.5 Å². The Morgan fingerprint density at radius 1 is 1.13 bits per heavy atom. The van der Waals surface area contributed by atoms with Crippen LogP contribution in [0, 0.1) is 0 Å². The lowest BCUT2D eigenvalue weighted by molar-refractivity contribution is 0.122. The van der Waals surface area contributed by atoms with E-state index in [-0.39, 0.29) is 0 Å². The van der Waals surface area contributed by atoms with Crippen molar-refractivity contribution in [2.75, 3.05) is 36.5 Å². The quantitative estimate of drug-likeness (QED) is 0.915. The monoisotopic (exact) mass is 313 g/mol. The lowest BCUT2D eigenvalue weighted by Crippen LogP contribution is -2.37. The van der Waals surface area contributed by atoms with E-state index in [0.717, 1.165) is 50.7 Å². The molecule has 6 nitrogen and oxygen atoms in total. The van der Waals surface area contributed by atoms with Crippen molar-refractivity contribution in [3.63, 3.8) is 0 Å². The molecule has 1 aliphatic rings.